The van der Waals surface area contributed by atoms with Gasteiger partial charge in [-0.05, 0) is 21.3 Å². The second-order valence-electron chi connectivity index (χ2n) is 8.03. The Hall–Kier alpha value is -1.42. The van der Waals surface area contributed by atoms with Crippen LogP contribution in [0.5, 0.6) is 5.88 Å². The topological polar surface area (TPSA) is 49.5 Å². The van der Waals surface area contributed by atoms with Crippen molar-refractivity contribution in [3.8, 4) is 5.88 Å². The van der Waals surface area contributed by atoms with Crippen molar-refractivity contribution in [2.75, 3.05) is 0 Å². The number of rotatable bonds is 2. The molecule has 1 aromatic heterocycles. The molecule has 1 aliphatic heterocycles. The van der Waals surface area contributed by atoms with Crippen LogP contribution in [0, 0.1) is 0 Å². The summed E-state index contributed by atoms with van der Waals surface area (Å²) in [5.41, 5.74) is 2.09. The molecule has 2 heterocycles. The quantitative estimate of drug-likeness (QED) is 0.569. The van der Waals surface area contributed by atoms with E-state index in [4.69, 9.17) is 4.52 Å². The summed E-state index contributed by atoms with van der Waals surface area (Å²) in [4.78, 5) is 2.45. The molecular weight excluding hydrogens is 281 g/mol. The van der Waals surface area contributed by atoms with Crippen LogP contribution in [0.3, 0.4) is 0 Å². The minimum atomic E-state index is -0.363. The Kier molecular flexibility index (Phi) is 3.60. The fraction of sp³-hybridized carbons (Fsp3) is 0.308. The van der Waals surface area contributed by atoms with Gasteiger partial charge in [0, 0.05) is 17.4 Å². The first-order chi connectivity index (χ1) is 10.6. The van der Waals surface area contributed by atoms with Gasteiger partial charge in [-0.25, -0.2) is 0 Å². The highest BCUT2D eigenvalue weighted by atomic mass is 16.5. The molecule has 0 amide bonds. The van der Waals surface area contributed by atoms with Crippen molar-refractivity contribution in [3.63, 3.8) is 0 Å². The molecule has 0 saturated carbocycles. The minimum absolute atomic E-state index is 0.0190. The predicted octanol–water partition coefficient (Wildman–Crippen LogP) is -4.39. The Bertz CT molecular complexity index is 731. The van der Waals surface area contributed by atoms with Crippen LogP contribution in [0.25, 0.3) is 0 Å². The third-order valence-corrected chi connectivity index (χ3v) is 5.92. The molecule has 3 rings (SSSR count). The maximum Gasteiger partial charge on any atom is 0.254 e. The fourth-order valence-electron chi connectivity index (χ4n) is 3.89. The van der Waals surface area contributed by atoms with Crippen molar-refractivity contribution >= 4 is 47.1 Å². The summed E-state index contributed by atoms with van der Waals surface area (Å²) < 4.78 is 5.56. The van der Waals surface area contributed by atoms with Crippen LogP contribution < -0.4 is 0 Å². The largest absolute Gasteiger partial charge is 0.491 e. The monoisotopic (exact) mass is 302 g/mol. The van der Waals surface area contributed by atoms with E-state index < -0.39 is 0 Å². The third-order valence-electron chi connectivity index (χ3n) is 5.92. The second kappa shape index (κ2) is 5.04. The van der Waals surface area contributed by atoms with E-state index >= 15 is 0 Å². The van der Waals surface area contributed by atoms with Crippen LogP contribution in [0.1, 0.15) is 16.9 Å². The first-order valence-corrected chi connectivity index (χ1v) is 8.11. The average molecular weight is 301 g/mol. The van der Waals surface area contributed by atoms with Crippen LogP contribution in [0.2, 0.25) is 0 Å². The molecule has 0 spiro atoms. The number of aromatic nitrogens is 1. The molecule has 112 valence electrons. The van der Waals surface area contributed by atoms with Gasteiger partial charge in [0.1, 0.15) is 52.8 Å². The van der Waals surface area contributed by atoms with Gasteiger partial charge < -0.3 is 14.5 Å². The molecule has 1 N–H and O–H groups in total. The van der Waals surface area contributed by atoms with Gasteiger partial charge in [0.2, 0.25) is 0 Å². The van der Waals surface area contributed by atoms with Crippen molar-refractivity contribution in [1.82, 2.24) is 10.1 Å². The van der Waals surface area contributed by atoms with E-state index in [0.29, 0.717) is 0 Å². The molecule has 0 fully saturated rings. The molecule has 10 heteroatoms. The normalized spacial score (nSPS) is 21.6. The summed E-state index contributed by atoms with van der Waals surface area (Å²) in [7, 11) is 13.0. The zero-order valence-corrected chi connectivity index (χ0v) is 14.8. The van der Waals surface area contributed by atoms with E-state index in [-0.39, 0.29) is 21.8 Å². The van der Waals surface area contributed by atoms with E-state index in [1.807, 2.05) is 6.07 Å². The Morgan fingerprint density at radius 2 is 1.65 bits per heavy atom. The number of benzene rings is 1. The first-order valence-electron chi connectivity index (χ1n) is 8.11. The highest BCUT2D eigenvalue weighted by molar-refractivity contribution is 6.56. The number of nitrogens with zero attached hydrogens (tertiary/aromatic N) is 2. The summed E-state index contributed by atoms with van der Waals surface area (Å²) in [6, 6.07) is 10.5. The summed E-state index contributed by atoms with van der Waals surface area (Å²) in [5.74, 6) is 0.778. The molecule has 4 nitrogen and oxygen atoms in total. The van der Waals surface area contributed by atoms with E-state index in [1.54, 1.807) is 0 Å². The third kappa shape index (κ3) is 2.22. The molecule has 23 heavy (non-hydrogen) atoms. The Labute approximate surface area is 142 Å². The highest BCUT2D eigenvalue weighted by Gasteiger charge is 2.56. The summed E-state index contributed by atoms with van der Waals surface area (Å²) >= 11 is 0. The molecule has 0 unspecified atom stereocenters. The molecule has 1 aromatic carbocycles. The van der Waals surface area contributed by atoms with E-state index in [9.17, 15) is 5.11 Å². The molecule has 0 bridgehead atoms. The lowest BCUT2D eigenvalue weighted by Crippen LogP contribution is -2.73. The Morgan fingerprint density at radius 3 is 2.26 bits per heavy atom. The maximum absolute atomic E-state index is 10.2. The second-order valence-corrected chi connectivity index (χ2v) is 8.03. The summed E-state index contributed by atoms with van der Waals surface area (Å²) in [6.45, 7) is 0.811. The van der Waals surface area contributed by atoms with Crippen LogP contribution in [-0.2, 0) is 17.1 Å². The van der Waals surface area contributed by atoms with Crippen molar-refractivity contribution in [1.29, 1.82) is 0 Å². The van der Waals surface area contributed by atoms with Crippen LogP contribution in [-0.4, -0.2) is 67.6 Å². The summed E-state index contributed by atoms with van der Waals surface area (Å²) in [5, 5.41) is 13.2. The van der Waals surface area contributed by atoms with Gasteiger partial charge in [-0.3, -0.25) is 0 Å². The van der Waals surface area contributed by atoms with Gasteiger partial charge in [0.15, 0.2) is 0 Å². The SMILES string of the molecule is BC1(B)c2onc(O)c2C(B)(B)C(B)(B)N1Cc1ccccc1. The Morgan fingerprint density at radius 1 is 1.04 bits per heavy atom. The van der Waals surface area contributed by atoms with Crippen LogP contribution in [0.15, 0.2) is 34.9 Å². The van der Waals surface area contributed by atoms with E-state index in [2.05, 4.69) is 81.4 Å². The van der Waals surface area contributed by atoms with Gasteiger partial charge in [-0.2, -0.15) is 0 Å². The first kappa shape index (κ1) is 16.4. The minimum Gasteiger partial charge on any atom is -0.491 e. The van der Waals surface area contributed by atoms with Crippen LogP contribution in [0.4, 0.5) is 0 Å². The molecular formula is C13H20B6N2O2. The smallest absolute Gasteiger partial charge is 0.254 e. The Balaban J connectivity index is 2.16. The highest BCUT2D eigenvalue weighted by Crippen LogP contribution is 2.48. The fourth-order valence-corrected chi connectivity index (χ4v) is 3.89. The van der Waals surface area contributed by atoms with Gasteiger partial charge >= 0.3 is 0 Å². The molecule has 0 radical (unpaired) electrons. The lowest BCUT2D eigenvalue weighted by atomic mass is 9.28. The van der Waals surface area contributed by atoms with Crippen molar-refractivity contribution in [3.05, 3.63) is 47.2 Å². The average Bonchev–Trinajstić information content (AvgIpc) is 2.87. The summed E-state index contributed by atoms with van der Waals surface area (Å²) in [6.07, 6.45) is 0. The lowest BCUT2D eigenvalue weighted by Gasteiger charge is -2.60. The van der Waals surface area contributed by atoms with Crippen molar-refractivity contribution < 1.29 is 9.63 Å². The maximum atomic E-state index is 10.2. The lowest BCUT2D eigenvalue weighted by molar-refractivity contribution is 0.111. The van der Waals surface area contributed by atoms with Gasteiger partial charge in [-0.1, -0.05) is 30.3 Å². The van der Waals surface area contributed by atoms with Crippen LogP contribution >= 0.6 is 0 Å². The number of hydrogen-bond donors (Lipinski definition) is 1. The van der Waals surface area contributed by atoms with E-state index in [1.165, 1.54) is 5.56 Å². The van der Waals surface area contributed by atoms with Crippen molar-refractivity contribution in [2.24, 2.45) is 0 Å². The standard InChI is InChI=1S/C13H20B6N2O2/c14-11(15)8-9(23-20-10(8)22)12(16,17)21(13(11,18)19)6-7-4-2-1-3-5-7/h1-5H,6,14-19H2,(H,20,22). The number of fused-ring (bicyclic) bond motifs is 1. The number of hydrogen-bond acceptors (Lipinski definition) is 4. The zero-order chi connectivity index (χ0) is 17.0. The van der Waals surface area contributed by atoms with Gasteiger partial charge in [0.05, 0.1) is 0 Å². The molecule has 0 aliphatic carbocycles. The van der Waals surface area contributed by atoms with Gasteiger partial charge in [0.25, 0.3) is 5.88 Å². The van der Waals surface area contributed by atoms with E-state index in [0.717, 1.165) is 17.9 Å². The molecule has 2 aromatic rings. The van der Waals surface area contributed by atoms with Crippen molar-refractivity contribution in [2.45, 2.75) is 22.4 Å². The zero-order valence-electron chi connectivity index (χ0n) is 14.8. The molecule has 1 aliphatic rings. The predicted molar refractivity (Wildman–Crippen MR) is 108 cm³/mol. The molecule has 0 saturated heterocycles. The molecule has 0 atom stereocenters. The number of aromatic hydroxyl groups is 1. The van der Waals surface area contributed by atoms with Gasteiger partial charge in [-0.15, -0.1) is 0 Å².